The van der Waals surface area contributed by atoms with Gasteiger partial charge in [0.05, 0.1) is 5.38 Å². The molecule has 0 fully saturated rings. The molecule has 0 atom stereocenters. The van der Waals surface area contributed by atoms with Crippen LogP contribution in [0.5, 0.6) is 0 Å². The Morgan fingerprint density at radius 2 is 1.19 bits per heavy atom. The molecule has 1 radical (unpaired) electrons. The van der Waals surface area contributed by atoms with Crippen LogP contribution in [0.25, 0.3) is 43.5 Å². The second-order valence-electron chi connectivity index (χ2n) is 6.54. The van der Waals surface area contributed by atoms with Crippen molar-refractivity contribution in [1.82, 2.24) is 0 Å². The zero-order valence-electron chi connectivity index (χ0n) is 14.7. The number of fused-ring (bicyclic) bond motifs is 1. The maximum Gasteiger partial charge on any atom is 0.0540 e. The third-order valence-electron chi connectivity index (χ3n) is 4.89. The van der Waals surface area contributed by atoms with Crippen LogP contribution in [0.2, 0.25) is 0 Å². The zero-order valence-corrected chi connectivity index (χ0v) is 15.5. The topological polar surface area (TPSA) is 0 Å². The molecule has 0 aliphatic rings. The van der Waals surface area contributed by atoms with Gasteiger partial charge in [0.15, 0.2) is 0 Å². The molecule has 1 aromatic heterocycles. The number of hydrogen-bond donors (Lipinski definition) is 0. The molecule has 0 aliphatic carbocycles. The molecule has 1 heterocycles. The molecular weight excluding hydrogens is 344 g/mol. The number of rotatable bonds is 3. The average molecular weight is 361 g/mol. The van der Waals surface area contributed by atoms with Gasteiger partial charge in [0, 0.05) is 21.6 Å². The molecule has 0 saturated heterocycles. The Labute approximate surface area is 163 Å². The van der Waals surface area contributed by atoms with E-state index in [9.17, 15) is 0 Å². The smallest absolute Gasteiger partial charge is 0.0540 e. The van der Waals surface area contributed by atoms with Crippen molar-refractivity contribution in [3.63, 3.8) is 0 Å². The average Bonchev–Trinajstić information content (AvgIpc) is 3.19. The van der Waals surface area contributed by atoms with E-state index in [0.717, 1.165) is 0 Å². The van der Waals surface area contributed by atoms with Gasteiger partial charge in [-0.3, -0.25) is 0 Å². The Kier molecular flexibility index (Phi) is 4.08. The highest BCUT2D eigenvalue weighted by molar-refractivity contribution is 7.14. The SMILES string of the molecule is [c]1sc(-c2cccc3ccccc23)c(-c2ccccc2)c1-c1ccccc1. The maximum absolute atomic E-state index is 3.59. The zero-order chi connectivity index (χ0) is 18.1. The largest absolute Gasteiger partial charge is 0.133 e. The molecular formula is C26H17S. The second-order valence-corrected chi connectivity index (χ2v) is 7.36. The molecule has 127 valence electrons. The third-order valence-corrected chi connectivity index (χ3v) is 5.83. The first kappa shape index (κ1) is 16.0. The van der Waals surface area contributed by atoms with Gasteiger partial charge in [-0.2, -0.15) is 0 Å². The minimum atomic E-state index is 1.18. The lowest BCUT2D eigenvalue weighted by molar-refractivity contribution is 1.63. The van der Waals surface area contributed by atoms with Crippen molar-refractivity contribution in [2.24, 2.45) is 0 Å². The highest BCUT2D eigenvalue weighted by atomic mass is 32.1. The van der Waals surface area contributed by atoms with Crippen molar-refractivity contribution in [1.29, 1.82) is 0 Å². The molecule has 0 amide bonds. The van der Waals surface area contributed by atoms with Gasteiger partial charge in [-0.1, -0.05) is 103 Å². The van der Waals surface area contributed by atoms with Crippen LogP contribution in [-0.4, -0.2) is 0 Å². The summed E-state index contributed by atoms with van der Waals surface area (Å²) < 4.78 is 0. The lowest BCUT2D eigenvalue weighted by atomic mass is 9.93. The minimum Gasteiger partial charge on any atom is -0.133 e. The van der Waals surface area contributed by atoms with Crippen LogP contribution in [0.15, 0.2) is 103 Å². The van der Waals surface area contributed by atoms with Crippen LogP contribution in [0.3, 0.4) is 0 Å². The summed E-state index contributed by atoms with van der Waals surface area (Å²) in [6.45, 7) is 0. The van der Waals surface area contributed by atoms with E-state index < -0.39 is 0 Å². The van der Waals surface area contributed by atoms with E-state index in [0.29, 0.717) is 0 Å². The fourth-order valence-electron chi connectivity index (χ4n) is 3.62. The molecule has 1 heteroatoms. The number of hydrogen-bond acceptors (Lipinski definition) is 1. The van der Waals surface area contributed by atoms with Crippen LogP contribution in [0.4, 0.5) is 0 Å². The first-order valence-corrected chi connectivity index (χ1v) is 9.87. The molecule has 5 rings (SSSR count). The summed E-state index contributed by atoms with van der Waals surface area (Å²) in [4.78, 5) is 1.27. The highest BCUT2D eigenvalue weighted by Gasteiger charge is 2.18. The molecule has 0 bridgehead atoms. The molecule has 4 aromatic carbocycles. The van der Waals surface area contributed by atoms with Gasteiger partial charge in [-0.25, -0.2) is 0 Å². The summed E-state index contributed by atoms with van der Waals surface area (Å²) in [5.74, 6) is 0. The molecule has 5 aromatic rings. The van der Waals surface area contributed by atoms with Crippen molar-refractivity contribution in [2.75, 3.05) is 0 Å². The Morgan fingerprint density at radius 1 is 0.556 bits per heavy atom. The van der Waals surface area contributed by atoms with Gasteiger partial charge in [0.2, 0.25) is 0 Å². The minimum absolute atomic E-state index is 1.18. The van der Waals surface area contributed by atoms with Crippen LogP contribution >= 0.6 is 11.3 Å². The van der Waals surface area contributed by atoms with E-state index in [1.807, 2.05) is 0 Å². The number of benzene rings is 4. The third kappa shape index (κ3) is 2.87. The molecule has 27 heavy (non-hydrogen) atoms. The lowest BCUT2D eigenvalue weighted by Gasteiger charge is -2.11. The standard InChI is InChI=1S/C26H17S/c1-3-10-20(11-4-1)24-18-27-26(25(24)21-13-5-2-6-14-21)23-17-9-15-19-12-7-8-16-22(19)23/h1-17H. The van der Waals surface area contributed by atoms with Gasteiger partial charge in [-0.05, 0) is 21.9 Å². The van der Waals surface area contributed by atoms with Crippen LogP contribution < -0.4 is 0 Å². The molecule has 0 saturated carbocycles. The Hall–Kier alpha value is -3.16. The van der Waals surface area contributed by atoms with Crippen molar-refractivity contribution in [3.05, 3.63) is 109 Å². The van der Waals surface area contributed by atoms with E-state index in [1.165, 1.54) is 43.5 Å². The van der Waals surface area contributed by atoms with Crippen molar-refractivity contribution in [2.45, 2.75) is 0 Å². The van der Waals surface area contributed by atoms with E-state index in [2.05, 4.69) is 109 Å². The summed E-state index contributed by atoms with van der Waals surface area (Å²) in [6, 6.07) is 36.4. The van der Waals surface area contributed by atoms with Gasteiger partial charge < -0.3 is 0 Å². The van der Waals surface area contributed by atoms with Crippen molar-refractivity contribution < 1.29 is 0 Å². The van der Waals surface area contributed by atoms with Crippen molar-refractivity contribution in [3.8, 4) is 32.7 Å². The molecule has 0 unspecified atom stereocenters. The summed E-state index contributed by atoms with van der Waals surface area (Å²) in [5.41, 5.74) is 6.16. The van der Waals surface area contributed by atoms with Gasteiger partial charge >= 0.3 is 0 Å². The molecule has 0 nitrogen and oxygen atoms in total. The Bertz CT molecular complexity index is 1200. The monoisotopic (exact) mass is 361 g/mol. The van der Waals surface area contributed by atoms with Crippen LogP contribution in [-0.2, 0) is 0 Å². The first-order chi connectivity index (χ1) is 13.4. The fourth-order valence-corrected chi connectivity index (χ4v) is 4.65. The van der Waals surface area contributed by atoms with E-state index in [-0.39, 0.29) is 0 Å². The normalized spacial score (nSPS) is 11.0. The molecule has 0 spiro atoms. The molecule has 0 aliphatic heterocycles. The lowest BCUT2D eigenvalue weighted by Crippen LogP contribution is -1.85. The number of thiophene rings is 1. The van der Waals surface area contributed by atoms with Gasteiger partial charge in [0.25, 0.3) is 0 Å². The predicted octanol–water partition coefficient (Wildman–Crippen LogP) is 7.70. The summed E-state index contributed by atoms with van der Waals surface area (Å²) >= 11 is 1.71. The maximum atomic E-state index is 3.59. The molecule has 0 N–H and O–H groups in total. The Morgan fingerprint density at radius 3 is 1.96 bits per heavy atom. The van der Waals surface area contributed by atoms with E-state index in [4.69, 9.17) is 0 Å². The second kappa shape index (κ2) is 6.86. The Balaban J connectivity index is 1.82. The quantitative estimate of drug-likeness (QED) is 0.309. The first-order valence-electron chi connectivity index (χ1n) is 9.05. The van der Waals surface area contributed by atoms with Crippen molar-refractivity contribution >= 4 is 22.1 Å². The predicted molar refractivity (Wildman–Crippen MR) is 117 cm³/mol. The fraction of sp³-hybridized carbons (Fsp3) is 0. The summed E-state index contributed by atoms with van der Waals surface area (Å²) in [6.07, 6.45) is 0. The van der Waals surface area contributed by atoms with Crippen LogP contribution in [0, 0.1) is 5.38 Å². The van der Waals surface area contributed by atoms with Gasteiger partial charge in [0.1, 0.15) is 0 Å². The van der Waals surface area contributed by atoms with E-state index >= 15 is 0 Å². The van der Waals surface area contributed by atoms with Crippen LogP contribution in [0.1, 0.15) is 0 Å². The summed E-state index contributed by atoms with van der Waals surface area (Å²) in [5, 5.41) is 6.15. The summed E-state index contributed by atoms with van der Waals surface area (Å²) in [7, 11) is 0. The highest BCUT2D eigenvalue weighted by Crippen LogP contribution is 2.45. The van der Waals surface area contributed by atoms with E-state index in [1.54, 1.807) is 11.3 Å². The van der Waals surface area contributed by atoms with Gasteiger partial charge in [-0.15, -0.1) is 11.3 Å².